The molecule has 106 valence electrons. The Bertz CT molecular complexity index is 602. The van der Waals surface area contributed by atoms with Crippen molar-refractivity contribution in [2.75, 3.05) is 11.6 Å². The number of anilines is 1. The lowest BCUT2D eigenvalue weighted by Crippen LogP contribution is -2.08. The van der Waals surface area contributed by atoms with Gasteiger partial charge in [0.15, 0.2) is 0 Å². The summed E-state index contributed by atoms with van der Waals surface area (Å²) in [5.74, 6) is -1.21. The van der Waals surface area contributed by atoms with Gasteiger partial charge in [0, 0.05) is 17.0 Å². The summed E-state index contributed by atoms with van der Waals surface area (Å²) < 4.78 is 27.1. The average Bonchev–Trinajstić information content (AvgIpc) is 2.44. The van der Waals surface area contributed by atoms with Crippen LogP contribution in [0.25, 0.3) is 0 Å². The summed E-state index contributed by atoms with van der Waals surface area (Å²) in [6.07, 6.45) is 2.02. The molecule has 1 N–H and O–H groups in total. The van der Waals surface area contributed by atoms with Crippen molar-refractivity contribution in [3.05, 3.63) is 58.1 Å². The third kappa shape index (κ3) is 3.52. The second-order valence-corrected chi connectivity index (χ2v) is 6.12. The zero-order valence-corrected chi connectivity index (χ0v) is 13.5. The van der Waals surface area contributed by atoms with Crippen molar-refractivity contribution in [3.8, 4) is 0 Å². The van der Waals surface area contributed by atoms with Gasteiger partial charge in [-0.3, -0.25) is 0 Å². The van der Waals surface area contributed by atoms with Crippen molar-refractivity contribution in [1.29, 1.82) is 0 Å². The van der Waals surface area contributed by atoms with Crippen LogP contribution in [0, 0.1) is 11.6 Å². The van der Waals surface area contributed by atoms with Gasteiger partial charge >= 0.3 is 0 Å². The Morgan fingerprint density at radius 3 is 2.35 bits per heavy atom. The maximum absolute atomic E-state index is 13.7. The van der Waals surface area contributed by atoms with Crippen molar-refractivity contribution >= 4 is 33.4 Å². The zero-order valence-electron chi connectivity index (χ0n) is 11.1. The predicted octanol–water partition coefficient (Wildman–Crippen LogP) is 5.62. The molecule has 1 nitrogen and oxygen atoms in total. The summed E-state index contributed by atoms with van der Waals surface area (Å²) in [4.78, 5) is 1.18. The number of halogens is 3. The van der Waals surface area contributed by atoms with Gasteiger partial charge in [-0.05, 0) is 52.9 Å². The van der Waals surface area contributed by atoms with Crippen LogP contribution in [-0.2, 0) is 0 Å². The normalized spacial score (nSPS) is 12.2. The molecule has 0 heterocycles. The summed E-state index contributed by atoms with van der Waals surface area (Å²) in [7, 11) is 0. The van der Waals surface area contributed by atoms with E-state index in [-0.39, 0.29) is 16.2 Å². The quantitative estimate of drug-likeness (QED) is 0.562. The molecular formula is C15H14BrF2NS. The first-order chi connectivity index (χ1) is 9.51. The highest BCUT2D eigenvalue weighted by atomic mass is 79.9. The minimum absolute atomic E-state index is 0.0715. The molecule has 0 bridgehead atoms. The van der Waals surface area contributed by atoms with E-state index in [0.29, 0.717) is 0 Å². The fourth-order valence-corrected chi connectivity index (χ4v) is 2.59. The summed E-state index contributed by atoms with van der Waals surface area (Å²) in [6.45, 7) is 1.94. The van der Waals surface area contributed by atoms with Gasteiger partial charge in [0.2, 0.25) is 0 Å². The van der Waals surface area contributed by atoms with Crippen molar-refractivity contribution in [1.82, 2.24) is 0 Å². The number of benzene rings is 2. The highest BCUT2D eigenvalue weighted by Gasteiger charge is 2.11. The molecule has 0 saturated heterocycles. The van der Waals surface area contributed by atoms with Gasteiger partial charge in [-0.2, -0.15) is 0 Å². The molecule has 0 fully saturated rings. The van der Waals surface area contributed by atoms with E-state index in [9.17, 15) is 8.78 Å². The Morgan fingerprint density at radius 2 is 1.75 bits per heavy atom. The predicted molar refractivity (Wildman–Crippen MR) is 84.3 cm³/mol. The minimum Gasteiger partial charge on any atom is -0.376 e. The topological polar surface area (TPSA) is 12.0 Å². The fourth-order valence-electron chi connectivity index (χ4n) is 1.84. The first-order valence-corrected chi connectivity index (χ1v) is 8.08. The Kier molecular flexibility index (Phi) is 5.05. The molecule has 0 aromatic heterocycles. The second kappa shape index (κ2) is 6.59. The van der Waals surface area contributed by atoms with Crippen molar-refractivity contribution < 1.29 is 8.78 Å². The largest absolute Gasteiger partial charge is 0.376 e. The van der Waals surface area contributed by atoms with Gasteiger partial charge in [-0.1, -0.05) is 12.1 Å². The summed E-state index contributed by atoms with van der Waals surface area (Å²) in [6, 6.07) is 10.3. The van der Waals surface area contributed by atoms with Crippen LogP contribution in [0.5, 0.6) is 0 Å². The first kappa shape index (κ1) is 15.3. The van der Waals surface area contributed by atoms with Crippen LogP contribution in [0.3, 0.4) is 0 Å². The third-order valence-electron chi connectivity index (χ3n) is 3.00. The maximum atomic E-state index is 13.7. The molecule has 0 spiro atoms. The second-order valence-electron chi connectivity index (χ2n) is 4.39. The smallest absolute Gasteiger partial charge is 0.149 e. The molecule has 20 heavy (non-hydrogen) atoms. The van der Waals surface area contributed by atoms with E-state index in [0.717, 1.165) is 11.6 Å². The Labute approximate surface area is 129 Å². The standard InChI is InChI=1S/C15H14BrF2NS/c1-9(10-3-5-11(20-2)6-4-10)19-15-7-12(16)13(17)8-14(15)18/h3-9,19H,1-2H3. The van der Waals surface area contributed by atoms with Gasteiger partial charge in [0.05, 0.1) is 10.2 Å². The van der Waals surface area contributed by atoms with Crippen molar-refractivity contribution in [2.24, 2.45) is 0 Å². The minimum atomic E-state index is -0.606. The van der Waals surface area contributed by atoms with Crippen LogP contribution in [0.4, 0.5) is 14.5 Å². The van der Waals surface area contributed by atoms with E-state index < -0.39 is 11.6 Å². The van der Waals surface area contributed by atoms with Gasteiger partial charge in [-0.25, -0.2) is 8.78 Å². The van der Waals surface area contributed by atoms with Crippen LogP contribution in [0.15, 0.2) is 45.8 Å². The molecule has 0 radical (unpaired) electrons. The molecule has 2 rings (SSSR count). The highest BCUT2D eigenvalue weighted by Crippen LogP contribution is 2.27. The molecule has 0 amide bonds. The van der Waals surface area contributed by atoms with Crippen LogP contribution in [0.1, 0.15) is 18.5 Å². The molecule has 1 unspecified atom stereocenters. The maximum Gasteiger partial charge on any atom is 0.149 e. The number of hydrogen-bond donors (Lipinski definition) is 1. The number of nitrogens with one attached hydrogen (secondary N) is 1. The highest BCUT2D eigenvalue weighted by molar-refractivity contribution is 9.10. The molecule has 0 saturated carbocycles. The lowest BCUT2D eigenvalue weighted by atomic mass is 10.1. The van der Waals surface area contributed by atoms with Crippen molar-refractivity contribution in [2.45, 2.75) is 17.9 Å². The fraction of sp³-hybridized carbons (Fsp3) is 0.200. The Morgan fingerprint density at radius 1 is 1.10 bits per heavy atom. The molecule has 0 aliphatic heterocycles. The monoisotopic (exact) mass is 357 g/mol. The molecule has 2 aromatic carbocycles. The average molecular weight is 358 g/mol. The summed E-state index contributed by atoms with van der Waals surface area (Å²) >= 11 is 4.73. The van der Waals surface area contributed by atoms with Gasteiger partial charge in [0.1, 0.15) is 11.6 Å². The van der Waals surface area contributed by atoms with E-state index in [4.69, 9.17) is 0 Å². The molecule has 0 aliphatic rings. The van der Waals surface area contributed by atoms with Gasteiger partial charge in [0.25, 0.3) is 0 Å². The number of hydrogen-bond acceptors (Lipinski definition) is 2. The molecule has 2 aromatic rings. The molecule has 0 aliphatic carbocycles. The van der Waals surface area contributed by atoms with Crippen LogP contribution < -0.4 is 5.32 Å². The Balaban J connectivity index is 2.18. The molecular weight excluding hydrogens is 344 g/mol. The Hall–Kier alpha value is -1.07. The van der Waals surface area contributed by atoms with Crippen LogP contribution >= 0.6 is 27.7 Å². The van der Waals surface area contributed by atoms with E-state index in [2.05, 4.69) is 21.2 Å². The lowest BCUT2D eigenvalue weighted by molar-refractivity contribution is 0.579. The number of rotatable bonds is 4. The van der Waals surface area contributed by atoms with E-state index in [1.165, 1.54) is 11.0 Å². The van der Waals surface area contributed by atoms with Crippen LogP contribution in [0.2, 0.25) is 0 Å². The van der Waals surface area contributed by atoms with Gasteiger partial charge < -0.3 is 5.32 Å². The summed E-state index contributed by atoms with van der Waals surface area (Å²) in [5, 5.41) is 3.05. The zero-order chi connectivity index (χ0) is 14.7. The molecule has 1 atom stereocenters. The van der Waals surface area contributed by atoms with E-state index in [1.807, 2.05) is 37.4 Å². The first-order valence-electron chi connectivity index (χ1n) is 6.06. The lowest BCUT2D eigenvalue weighted by Gasteiger charge is -2.17. The van der Waals surface area contributed by atoms with Crippen LogP contribution in [-0.4, -0.2) is 6.26 Å². The molecule has 5 heteroatoms. The summed E-state index contributed by atoms with van der Waals surface area (Å²) in [5.41, 5.74) is 1.32. The van der Waals surface area contributed by atoms with E-state index in [1.54, 1.807) is 11.8 Å². The van der Waals surface area contributed by atoms with Crippen molar-refractivity contribution in [3.63, 3.8) is 0 Å². The third-order valence-corrected chi connectivity index (χ3v) is 4.35. The number of thioether (sulfide) groups is 1. The SMILES string of the molecule is CSc1ccc(C(C)Nc2cc(Br)c(F)cc2F)cc1. The van der Waals surface area contributed by atoms with E-state index >= 15 is 0 Å². The van der Waals surface area contributed by atoms with Gasteiger partial charge in [-0.15, -0.1) is 11.8 Å².